The largest absolute Gasteiger partial charge is 0.481 e. The van der Waals surface area contributed by atoms with Crippen molar-refractivity contribution in [3.05, 3.63) is 60.4 Å². The van der Waals surface area contributed by atoms with Crippen molar-refractivity contribution in [2.24, 2.45) is 5.73 Å². The molecule has 0 aliphatic carbocycles. The third-order valence-electron chi connectivity index (χ3n) is 3.30. The summed E-state index contributed by atoms with van der Waals surface area (Å²) in [6.45, 7) is 0. The first-order chi connectivity index (χ1) is 11.7. The third-order valence-corrected chi connectivity index (χ3v) is 3.30. The number of rotatable bonds is 5. The molecule has 0 spiro atoms. The van der Waals surface area contributed by atoms with Gasteiger partial charge in [0.25, 0.3) is 0 Å². The Morgan fingerprint density at radius 1 is 1.12 bits per heavy atom. The summed E-state index contributed by atoms with van der Waals surface area (Å²) in [5.41, 5.74) is 7.80. The Bertz CT molecular complexity index is 882. The highest BCUT2D eigenvalue weighted by molar-refractivity contribution is 5.93. The van der Waals surface area contributed by atoms with Gasteiger partial charge in [0.2, 0.25) is 17.7 Å². The molecule has 1 aromatic carbocycles. The molecule has 0 fully saturated rings. The molecule has 120 valence electrons. The molecule has 2 aromatic heterocycles. The molecule has 3 rings (SSSR count). The van der Waals surface area contributed by atoms with E-state index in [-0.39, 0.29) is 0 Å². The van der Waals surface area contributed by atoms with Crippen LogP contribution in [0.4, 0.5) is 11.6 Å². The van der Waals surface area contributed by atoms with Crippen LogP contribution in [0.1, 0.15) is 10.4 Å². The summed E-state index contributed by atoms with van der Waals surface area (Å²) in [7, 11) is 1.56. The molecule has 0 saturated carbocycles. The van der Waals surface area contributed by atoms with Crippen LogP contribution >= 0.6 is 0 Å². The van der Waals surface area contributed by atoms with E-state index in [4.69, 9.17) is 10.5 Å². The summed E-state index contributed by atoms with van der Waals surface area (Å²) in [6, 6.07) is 12.3. The number of pyridine rings is 1. The highest BCUT2D eigenvalue weighted by Crippen LogP contribution is 2.26. The van der Waals surface area contributed by atoms with Gasteiger partial charge in [-0.25, -0.2) is 15.0 Å². The molecule has 3 aromatic rings. The molecule has 24 heavy (non-hydrogen) atoms. The van der Waals surface area contributed by atoms with Gasteiger partial charge in [0.1, 0.15) is 0 Å². The molecule has 7 nitrogen and oxygen atoms in total. The SMILES string of the molecule is COc1ncccc1-c1ccnc(Nc2cccc(C(N)=O)c2)n1. The molecular formula is C17H15N5O2. The van der Waals surface area contributed by atoms with Gasteiger partial charge in [0, 0.05) is 23.6 Å². The van der Waals surface area contributed by atoms with E-state index in [1.165, 1.54) is 0 Å². The van der Waals surface area contributed by atoms with Gasteiger partial charge in [0.05, 0.1) is 18.4 Å². The lowest BCUT2D eigenvalue weighted by Crippen LogP contribution is -2.11. The number of hydrogen-bond donors (Lipinski definition) is 2. The number of nitrogens with zero attached hydrogens (tertiary/aromatic N) is 3. The monoisotopic (exact) mass is 321 g/mol. The van der Waals surface area contributed by atoms with Crippen LogP contribution in [0, 0.1) is 0 Å². The molecule has 7 heteroatoms. The van der Waals surface area contributed by atoms with Crippen LogP contribution in [-0.4, -0.2) is 28.0 Å². The molecule has 0 bridgehead atoms. The van der Waals surface area contributed by atoms with Gasteiger partial charge in [-0.3, -0.25) is 4.79 Å². The minimum Gasteiger partial charge on any atom is -0.481 e. The van der Waals surface area contributed by atoms with Gasteiger partial charge in [0.15, 0.2) is 0 Å². The maximum absolute atomic E-state index is 11.3. The average Bonchev–Trinajstić information content (AvgIpc) is 2.62. The fraction of sp³-hybridized carbons (Fsp3) is 0.0588. The molecule has 0 unspecified atom stereocenters. The minimum atomic E-state index is -0.492. The lowest BCUT2D eigenvalue weighted by Gasteiger charge is -2.09. The van der Waals surface area contributed by atoms with E-state index in [0.29, 0.717) is 28.8 Å². The molecular weight excluding hydrogens is 306 g/mol. The number of carbonyl (C=O) groups is 1. The van der Waals surface area contributed by atoms with Crippen molar-refractivity contribution >= 4 is 17.5 Å². The third kappa shape index (κ3) is 3.30. The fourth-order valence-electron chi connectivity index (χ4n) is 2.20. The number of hydrogen-bond acceptors (Lipinski definition) is 6. The number of anilines is 2. The van der Waals surface area contributed by atoms with Crippen molar-refractivity contribution in [2.45, 2.75) is 0 Å². The number of amides is 1. The molecule has 1 amide bonds. The number of nitrogens with one attached hydrogen (secondary N) is 1. The zero-order chi connectivity index (χ0) is 16.9. The minimum absolute atomic E-state index is 0.389. The fourth-order valence-corrected chi connectivity index (χ4v) is 2.20. The number of primary amides is 1. The summed E-state index contributed by atoms with van der Waals surface area (Å²) in [6.07, 6.45) is 3.28. The van der Waals surface area contributed by atoms with Crippen molar-refractivity contribution in [1.82, 2.24) is 15.0 Å². The number of nitrogens with two attached hydrogens (primary N) is 1. The van der Waals surface area contributed by atoms with E-state index in [2.05, 4.69) is 20.3 Å². The molecule has 0 aliphatic rings. The first-order valence-corrected chi connectivity index (χ1v) is 7.16. The molecule has 0 atom stereocenters. The number of carbonyl (C=O) groups excluding carboxylic acids is 1. The number of aromatic nitrogens is 3. The summed E-state index contributed by atoms with van der Waals surface area (Å²) in [4.78, 5) is 24.1. The van der Waals surface area contributed by atoms with Gasteiger partial charge in [-0.1, -0.05) is 6.07 Å². The summed E-state index contributed by atoms with van der Waals surface area (Å²) in [5, 5.41) is 3.06. The van der Waals surface area contributed by atoms with E-state index in [9.17, 15) is 4.79 Å². The van der Waals surface area contributed by atoms with Crippen LogP contribution < -0.4 is 15.8 Å². The summed E-state index contributed by atoms with van der Waals surface area (Å²) in [5.74, 6) is 0.381. The lowest BCUT2D eigenvalue weighted by atomic mass is 10.2. The van der Waals surface area contributed by atoms with Crippen molar-refractivity contribution in [3.63, 3.8) is 0 Å². The van der Waals surface area contributed by atoms with E-state index in [1.54, 1.807) is 49.8 Å². The first kappa shape index (κ1) is 15.4. The normalized spacial score (nSPS) is 10.2. The van der Waals surface area contributed by atoms with Crippen LogP contribution in [0.15, 0.2) is 54.9 Å². The molecule has 0 radical (unpaired) electrons. The maximum Gasteiger partial charge on any atom is 0.248 e. The summed E-state index contributed by atoms with van der Waals surface area (Å²) < 4.78 is 5.26. The van der Waals surface area contributed by atoms with E-state index >= 15 is 0 Å². The average molecular weight is 321 g/mol. The van der Waals surface area contributed by atoms with E-state index < -0.39 is 5.91 Å². The smallest absolute Gasteiger partial charge is 0.248 e. The zero-order valence-electron chi connectivity index (χ0n) is 12.9. The van der Waals surface area contributed by atoms with Gasteiger partial charge in [-0.05, 0) is 36.4 Å². The zero-order valence-corrected chi connectivity index (χ0v) is 12.9. The Kier molecular flexibility index (Phi) is 4.33. The first-order valence-electron chi connectivity index (χ1n) is 7.16. The van der Waals surface area contributed by atoms with Crippen LogP contribution in [0.25, 0.3) is 11.3 Å². The van der Waals surface area contributed by atoms with E-state index in [1.807, 2.05) is 12.1 Å². The Hall–Kier alpha value is -3.48. The van der Waals surface area contributed by atoms with Gasteiger partial charge in [-0.2, -0.15) is 0 Å². The van der Waals surface area contributed by atoms with Gasteiger partial charge in [-0.15, -0.1) is 0 Å². The van der Waals surface area contributed by atoms with Crippen molar-refractivity contribution < 1.29 is 9.53 Å². The maximum atomic E-state index is 11.3. The van der Waals surface area contributed by atoms with Crippen LogP contribution in [0.2, 0.25) is 0 Å². The predicted octanol–water partition coefficient (Wildman–Crippen LogP) is 2.39. The van der Waals surface area contributed by atoms with Crippen molar-refractivity contribution in [3.8, 4) is 17.1 Å². The Morgan fingerprint density at radius 3 is 2.79 bits per heavy atom. The van der Waals surface area contributed by atoms with Crippen molar-refractivity contribution in [2.75, 3.05) is 12.4 Å². The number of methoxy groups -OCH3 is 1. The highest BCUT2D eigenvalue weighted by atomic mass is 16.5. The van der Waals surface area contributed by atoms with Crippen LogP contribution in [0.5, 0.6) is 5.88 Å². The lowest BCUT2D eigenvalue weighted by molar-refractivity contribution is 0.100. The van der Waals surface area contributed by atoms with E-state index in [0.717, 1.165) is 5.56 Å². The number of benzene rings is 1. The topological polar surface area (TPSA) is 103 Å². The second kappa shape index (κ2) is 6.74. The molecule has 0 saturated heterocycles. The molecule has 3 N–H and O–H groups in total. The molecule has 0 aliphatic heterocycles. The predicted molar refractivity (Wildman–Crippen MR) is 90.1 cm³/mol. The Labute approximate surface area is 138 Å². The summed E-state index contributed by atoms with van der Waals surface area (Å²) >= 11 is 0. The second-order valence-electron chi connectivity index (χ2n) is 4.90. The molecule has 2 heterocycles. The highest BCUT2D eigenvalue weighted by Gasteiger charge is 2.09. The Balaban J connectivity index is 1.91. The second-order valence-corrected chi connectivity index (χ2v) is 4.90. The van der Waals surface area contributed by atoms with Crippen LogP contribution in [-0.2, 0) is 0 Å². The number of ether oxygens (including phenoxy) is 1. The Morgan fingerprint density at radius 2 is 2.00 bits per heavy atom. The standard InChI is InChI=1S/C17H15N5O2/c1-24-16-13(6-3-8-19-16)14-7-9-20-17(22-14)21-12-5-2-4-11(10-12)15(18)23/h2-10H,1H3,(H2,18,23)(H,20,21,22). The van der Waals surface area contributed by atoms with Crippen molar-refractivity contribution in [1.29, 1.82) is 0 Å². The van der Waals surface area contributed by atoms with Crippen LogP contribution in [0.3, 0.4) is 0 Å². The van der Waals surface area contributed by atoms with Gasteiger partial charge >= 0.3 is 0 Å². The van der Waals surface area contributed by atoms with Gasteiger partial charge < -0.3 is 15.8 Å². The quantitative estimate of drug-likeness (QED) is 0.748.